The minimum atomic E-state index is -4.42. The van der Waals surface area contributed by atoms with Gasteiger partial charge in [-0.25, -0.2) is 4.79 Å². The van der Waals surface area contributed by atoms with Gasteiger partial charge in [-0.1, -0.05) is 0 Å². The molecule has 114 valence electrons. The molecule has 0 bridgehead atoms. The van der Waals surface area contributed by atoms with Gasteiger partial charge in [-0.15, -0.1) is 0 Å². The second kappa shape index (κ2) is 7.67. The molecule has 1 aromatic heterocycles. The van der Waals surface area contributed by atoms with E-state index in [2.05, 4.69) is 0 Å². The second-order valence-electron chi connectivity index (χ2n) is 4.58. The van der Waals surface area contributed by atoms with E-state index in [0.29, 0.717) is 0 Å². The van der Waals surface area contributed by atoms with E-state index in [-0.39, 0.29) is 86.6 Å². The van der Waals surface area contributed by atoms with Crippen molar-refractivity contribution >= 4 is 97.1 Å². The molecule has 0 spiro atoms. The molecule has 0 atom stereocenters. The van der Waals surface area contributed by atoms with Crippen LogP contribution in [-0.4, -0.2) is 83.2 Å². The van der Waals surface area contributed by atoms with Gasteiger partial charge in [0.1, 0.15) is 11.2 Å². The van der Waals surface area contributed by atoms with E-state index in [1.165, 1.54) is 24.3 Å². The van der Waals surface area contributed by atoms with E-state index in [9.17, 15) is 18.0 Å². The maximum Gasteiger partial charge on any atom is 0.335 e. The summed E-state index contributed by atoms with van der Waals surface area (Å²) in [5, 5.41) is 9.11. The van der Waals surface area contributed by atoms with Crippen LogP contribution in [0.3, 0.4) is 0 Å². The molecular weight excluding hydrogens is 358 g/mol. The first-order valence-electron chi connectivity index (χ1n) is 5.99. The minimum Gasteiger partial charge on any atom is -0.478 e. The summed E-state index contributed by atoms with van der Waals surface area (Å²) in [6.45, 7) is 0. The van der Waals surface area contributed by atoms with E-state index < -0.39 is 26.4 Å². The van der Waals surface area contributed by atoms with Gasteiger partial charge in [-0.3, -0.25) is 9.35 Å². The summed E-state index contributed by atoms with van der Waals surface area (Å²) in [6, 6.07) is 7.10. The van der Waals surface area contributed by atoms with Gasteiger partial charge in [-0.05, 0) is 30.3 Å². The van der Waals surface area contributed by atoms with Crippen LogP contribution in [0.25, 0.3) is 21.9 Å². The van der Waals surface area contributed by atoms with Gasteiger partial charge in [0.25, 0.3) is 10.1 Å². The Bertz CT molecular complexity index is 1100. The van der Waals surface area contributed by atoms with Crippen LogP contribution >= 0.6 is 0 Å². The van der Waals surface area contributed by atoms with Gasteiger partial charge in [0.2, 0.25) is 5.43 Å². The third kappa shape index (κ3) is 3.92. The average Bonchev–Trinajstić information content (AvgIpc) is 2.45. The number of carbonyl (C=O) groups is 1. The van der Waals surface area contributed by atoms with Crippen LogP contribution in [0, 0.1) is 0 Å². The Balaban J connectivity index is 0.00000144. The maximum atomic E-state index is 12.4. The molecule has 2 aromatic carbocycles. The third-order valence-corrected chi connectivity index (χ3v) is 4.04. The van der Waals surface area contributed by atoms with E-state index in [1.54, 1.807) is 0 Å². The summed E-state index contributed by atoms with van der Waals surface area (Å²) in [4.78, 5) is 22.9. The van der Waals surface area contributed by atoms with Crippen molar-refractivity contribution in [1.29, 1.82) is 0 Å². The van der Waals surface area contributed by atoms with Crippen LogP contribution in [0.15, 0.2) is 50.5 Å². The third-order valence-electron chi connectivity index (χ3n) is 3.19. The topological polar surface area (TPSA) is 122 Å². The quantitative estimate of drug-likeness (QED) is 0.396. The molecular formula is C14H8Na2O7S. The van der Waals surface area contributed by atoms with Gasteiger partial charge in [0, 0.05) is 65.2 Å². The van der Waals surface area contributed by atoms with E-state index >= 15 is 0 Å². The SMILES string of the molecule is O=C(O)c1ccc2oc3cc(S(=O)(=O)O)ccc3c(=O)c2c1.[Na].[Na]. The van der Waals surface area contributed by atoms with Crippen molar-refractivity contribution in [1.82, 2.24) is 0 Å². The standard InChI is InChI=1S/C14H8O7S.2Na/c15-13-9-3-2-8(22(18,19)20)6-12(9)21-11-4-1-7(14(16)17)5-10(11)13;;/h1-6H,(H,16,17)(H,18,19,20);;. The summed E-state index contributed by atoms with van der Waals surface area (Å²) < 4.78 is 36.7. The zero-order chi connectivity index (χ0) is 16.1. The molecule has 3 aromatic rings. The van der Waals surface area contributed by atoms with E-state index in [1.807, 2.05) is 0 Å². The predicted octanol–water partition coefficient (Wildman–Crippen LogP) is 1.13. The van der Waals surface area contributed by atoms with Crippen molar-refractivity contribution in [3.05, 3.63) is 52.2 Å². The number of hydrogen-bond acceptors (Lipinski definition) is 5. The van der Waals surface area contributed by atoms with Crippen molar-refractivity contribution in [2.75, 3.05) is 0 Å². The summed E-state index contributed by atoms with van der Waals surface area (Å²) >= 11 is 0. The molecule has 0 aliphatic rings. The van der Waals surface area contributed by atoms with Crippen molar-refractivity contribution in [2.45, 2.75) is 4.90 Å². The first-order valence-corrected chi connectivity index (χ1v) is 7.43. The van der Waals surface area contributed by atoms with Gasteiger partial charge in [0.15, 0.2) is 0 Å². The van der Waals surface area contributed by atoms with Crippen LogP contribution in [0.5, 0.6) is 0 Å². The predicted molar refractivity (Wildman–Crippen MR) is 88.3 cm³/mol. The van der Waals surface area contributed by atoms with Crippen molar-refractivity contribution in [3.8, 4) is 0 Å². The van der Waals surface area contributed by atoms with Crippen molar-refractivity contribution in [3.63, 3.8) is 0 Å². The number of carboxylic acids is 1. The zero-order valence-electron chi connectivity index (χ0n) is 12.8. The Morgan fingerprint density at radius 3 is 2.21 bits per heavy atom. The number of aromatic carboxylic acids is 1. The molecule has 10 heteroatoms. The van der Waals surface area contributed by atoms with Gasteiger partial charge < -0.3 is 9.52 Å². The van der Waals surface area contributed by atoms with E-state index in [0.717, 1.165) is 12.1 Å². The Hall–Kier alpha value is -0.710. The van der Waals surface area contributed by atoms with Crippen LogP contribution in [0.1, 0.15) is 10.4 Å². The molecule has 0 saturated heterocycles. The molecule has 0 saturated carbocycles. The molecule has 24 heavy (non-hydrogen) atoms. The fourth-order valence-electron chi connectivity index (χ4n) is 2.13. The van der Waals surface area contributed by atoms with Gasteiger partial charge in [-0.2, -0.15) is 8.42 Å². The van der Waals surface area contributed by atoms with Gasteiger partial charge in [0.05, 0.1) is 21.2 Å². The van der Waals surface area contributed by atoms with Crippen LogP contribution in [0.2, 0.25) is 0 Å². The molecule has 7 nitrogen and oxygen atoms in total. The average molecular weight is 366 g/mol. The first kappa shape index (κ1) is 21.3. The zero-order valence-corrected chi connectivity index (χ0v) is 17.6. The molecule has 0 amide bonds. The number of hydrogen-bond donors (Lipinski definition) is 2. The molecule has 0 unspecified atom stereocenters. The summed E-state index contributed by atoms with van der Waals surface area (Å²) in [5.41, 5.74) is -0.444. The minimum absolute atomic E-state index is 0. The largest absolute Gasteiger partial charge is 0.478 e. The number of benzene rings is 2. The number of rotatable bonds is 2. The van der Waals surface area contributed by atoms with Crippen LogP contribution in [-0.2, 0) is 10.1 Å². The smallest absolute Gasteiger partial charge is 0.335 e. The Morgan fingerprint density at radius 2 is 1.62 bits per heavy atom. The first-order chi connectivity index (χ1) is 10.3. The fourth-order valence-corrected chi connectivity index (χ4v) is 2.62. The summed E-state index contributed by atoms with van der Waals surface area (Å²) in [7, 11) is -4.42. The van der Waals surface area contributed by atoms with Crippen molar-refractivity contribution < 1.29 is 27.3 Å². The molecule has 2 N–H and O–H groups in total. The molecule has 0 aliphatic heterocycles. The number of carboxylic acid groups (broad SMARTS) is 1. The monoisotopic (exact) mass is 366 g/mol. The van der Waals surface area contributed by atoms with E-state index in [4.69, 9.17) is 14.1 Å². The van der Waals surface area contributed by atoms with Crippen LogP contribution < -0.4 is 5.43 Å². The molecule has 3 rings (SSSR count). The van der Waals surface area contributed by atoms with Crippen molar-refractivity contribution in [2.24, 2.45) is 0 Å². The Morgan fingerprint density at radius 1 is 0.958 bits per heavy atom. The molecule has 0 aliphatic carbocycles. The van der Waals surface area contributed by atoms with Crippen LogP contribution in [0.4, 0.5) is 0 Å². The maximum absolute atomic E-state index is 12.4. The Kier molecular flexibility index (Phi) is 6.82. The molecule has 1 heterocycles. The normalized spacial score (nSPS) is 10.9. The Labute approximate surface area is 180 Å². The summed E-state index contributed by atoms with van der Waals surface area (Å²) in [6.07, 6.45) is 0. The fraction of sp³-hybridized carbons (Fsp3) is 0. The second-order valence-corrected chi connectivity index (χ2v) is 6.00. The molecule has 2 radical (unpaired) electrons. The summed E-state index contributed by atoms with van der Waals surface area (Å²) in [5.74, 6) is -1.18. The number of fused-ring (bicyclic) bond motifs is 2. The van der Waals surface area contributed by atoms with Gasteiger partial charge >= 0.3 is 5.97 Å². The molecule has 0 fully saturated rings.